The highest BCUT2D eigenvalue weighted by Crippen LogP contribution is 2.19. The van der Waals surface area contributed by atoms with Crippen molar-refractivity contribution in [2.24, 2.45) is 5.41 Å². The maximum absolute atomic E-state index is 5.62. The van der Waals surface area contributed by atoms with Gasteiger partial charge in [-0.15, -0.1) is 10.2 Å². The zero-order valence-electron chi connectivity index (χ0n) is 11.5. The smallest absolute Gasteiger partial charge is 0.217 e. The average molecular weight is 239 g/mol. The van der Waals surface area contributed by atoms with Crippen molar-refractivity contribution < 1.29 is 4.42 Å². The van der Waals surface area contributed by atoms with E-state index in [-0.39, 0.29) is 5.41 Å². The van der Waals surface area contributed by atoms with Gasteiger partial charge in [-0.2, -0.15) is 0 Å². The van der Waals surface area contributed by atoms with Gasteiger partial charge in [-0.25, -0.2) is 0 Å². The maximum Gasteiger partial charge on any atom is 0.217 e. The molecule has 0 saturated carbocycles. The molecule has 0 atom stereocenters. The molecule has 0 radical (unpaired) electrons. The van der Waals surface area contributed by atoms with E-state index in [9.17, 15) is 0 Å². The monoisotopic (exact) mass is 239 g/mol. The van der Waals surface area contributed by atoms with Crippen molar-refractivity contribution in [1.29, 1.82) is 0 Å². The Morgan fingerprint density at radius 2 is 1.82 bits per heavy atom. The number of nitrogens with one attached hydrogen (secondary N) is 1. The van der Waals surface area contributed by atoms with Gasteiger partial charge in [0.1, 0.15) is 0 Å². The molecule has 1 N–H and O–H groups in total. The molecular formula is C13H25N3O. The molecule has 0 aliphatic heterocycles. The normalized spacial score (nSPS) is 12.0. The maximum atomic E-state index is 5.62. The molecule has 0 aromatic carbocycles. The molecule has 0 aliphatic carbocycles. The second-order valence-corrected chi connectivity index (χ2v) is 5.68. The molecule has 98 valence electrons. The van der Waals surface area contributed by atoms with Crippen LogP contribution in [0.2, 0.25) is 0 Å². The summed E-state index contributed by atoms with van der Waals surface area (Å²) in [5.74, 6) is 1.52. The largest absolute Gasteiger partial charge is 0.425 e. The SMILES string of the molecule is CCCNCCCc1nnc(CC(C)(C)C)o1. The molecule has 0 spiro atoms. The fourth-order valence-electron chi connectivity index (χ4n) is 1.58. The summed E-state index contributed by atoms with van der Waals surface area (Å²) in [6, 6.07) is 0. The highest BCUT2D eigenvalue weighted by Gasteiger charge is 2.16. The molecular weight excluding hydrogens is 214 g/mol. The van der Waals surface area contributed by atoms with Gasteiger partial charge in [-0.05, 0) is 31.3 Å². The van der Waals surface area contributed by atoms with E-state index < -0.39 is 0 Å². The summed E-state index contributed by atoms with van der Waals surface area (Å²) in [7, 11) is 0. The quantitative estimate of drug-likeness (QED) is 0.743. The van der Waals surface area contributed by atoms with Crippen molar-refractivity contribution >= 4 is 0 Å². The van der Waals surface area contributed by atoms with E-state index in [4.69, 9.17) is 4.42 Å². The number of aromatic nitrogens is 2. The molecule has 0 aliphatic rings. The minimum absolute atomic E-state index is 0.201. The van der Waals surface area contributed by atoms with Gasteiger partial charge in [0.2, 0.25) is 11.8 Å². The zero-order chi connectivity index (χ0) is 12.7. The molecule has 4 heteroatoms. The minimum atomic E-state index is 0.201. The Morgan fingerprint density at radius 3 is 2.47 bits per heavy atom. The van der Waals surface area contributed by atoms with E-state index in [2.05, 4.69) is 43.2 Å². The van der Waals surface area contributed by atoms with Crippen LogP contribution in [-0.2, 0) is 12.8 Å². The van der Waals surface area contributed by atoms with Crippen molar-refractivity contribution in [2.75, 3.05) is 13.1 Å². The molecule has 1 rings (SSSR count). The molecule has 1 aromatic heterocycles. The Kier molecular flexibility index (Phi) is 5.62. The van der Waals surface area contributed by atoms with Crippen LogP contribution in [0.4, 0.5) is 0 Å². The van der Waals surface area contributed by atoms with Gasteiger partial charge < -0.3 is 9.73 Å². The predicted octanol–water partition coefficient (Wildman–Crippen LogP) is 2.59. The fourth-order valence-corrected chi connectivity index (χ4v) is 1.58. The van der Waals surface area contributed by atoms with Crippen LogP contribution < -0.4 is 5.32 Å². The lowest BCUT2D eigenvalue weighted by Gasteiger charge is -2.14. The van der Waals surface area contributed by atoms with Crippen molar-refractivity contribution in [3.8, 4) is 0 Å². The summed E-state index contributed by atoms with van der Waals surface area (Å²) in [4.78, 5) is 0. The van der Waals surface area contributed by atoms with Crippen LogP contribution in [0.3, 0.4) is 0 Å². The van der Waals surface area contributed by atoms with Gasteiger partial charge in [0.25, 0.3) is 0 Å². The van der Waals surface area contributed by atoms with Gasteiger partial charge in [-0.1, -0.05) is 27.7 Å². The average Bonchev–Trinajstić information content (AvgIpc) is 2.63. The summed E-state index contributed by atoms with van der Waals surface area (Å²) < 4.78 is 5.62. The van der Waals surface area contributed by atoms with Crippen molar-refractivity contribution in [3.05, 3.63) is 11.8 Å². The van der Waals surface area contributed by atoms with Crippen LogP contribution in [0.25, 0.3) is 0 Å². The van der Waals surface area contributed by atoms with E-state index >= 15 is 0 Å². The molecule has 1 heterocycles. The number of hydrogen-bond acceptors (Lipinski definition) is 4. The standard InChI is InChI=1S/C13H25N3O/c1-5-8-14-9-6-7-11-15-16-12(17-11)10-13(2,3)4/h14H,5-10H2,1-4H3. The zero-order valence-corrected chi connectivity index (χ0v) is 11.5. The lowest BCUT2D eigenvalue weighted by molar-refractivity contribution is 0.344. The first-order valence-electron chi connectivity index (χ1n) is 6.53. The number of aryl methyl sites for hydroxylation is 1. The van der Waals surface area contributed by atoms with Crippen molar-refractivity contribution in [2.45, 2.75) is 53.4 Å². The van der Waals surface area contributed by atoms with Crippen molar-refractivity contribution in [3.63, 3.8) is 0 Å². The molecule has 17 heavy (non-hydrogen) atoms. The summed E-state index contributed by atoms with van der Waals surface area (Å²) in [6.07, 6.45) is 3.94. The lowest BCUT2D eigenvalue weighted by atomic mass is 9.92. The molecule has 0 saturated heterocycles. The molecule has 0 amide bonds. The Labute approximate surface area is 104 Å². The Balaban J connectivity index is 2.26. The van der Waals surface area contributed by atoms with Crippen LogP contribution >= 0.6 is 0 Å². The fraction of sp³-hybridized carbons (Fsp3) is 0.846. The number of rotatable bonds is 7. The third-order valence-corrected chi connectivity index (χ3v) is 2.36. The predicted molar refractivity (Wildman–Crippen MR) is 68.9 cm³/mol. The third kappa shape index (κ3) is 6.41. The highest BCUT2D eigenvalue weighted by molar-refractivity contribution is 4.86. The first-order valence-corrected chi connectivity index (χ1v) is 6.53. The van der Waals surface area contributed by atoms with Crippen LogP contribution in [0, 0.1) is 5.41 Å². The van der Waals surface area contributed by atoms with E-state index in [1.807, 2.05) is 0 Å². The Bertz CT molecular complexity index is 315. The van der Waals surface area contributed by atoms with E-state index in [0.29, 0.717) is 0 Å². The minimum Gasteiger partial charge on any atom is -0.425 e. The van der Waals surface area contributed by atoms with E-state index in [1.165, 1.54) is 6.42 Å². The Morgan fingerprint density at radius 1 is 1.12 bits per heavy atom. The topological polar surface area (TPSA) is 51.0 Å². The van der Waals surface area contributed by atoms with Crippen LogP contribution in [0.15, 0.2) is 4.42 Å². The van der Waals surface area contributed by atoms with Gasteiger partial charge in [-0.3, -0.25) is 0 Å². The molecule has 0 fully saturated rings. The summed E-state index contributed by atoms with van der Waals surface area (Å²) in [5.41, 5.74) is 0.201. The molecule has 4 nitrogen and oxygen atoms in total. The van der Waals surface area contributed by atoms with E-state index in [0.717, 1.165) is 44.1 Å². The summed E-state index contributed by atoms with van der Waals surface area (Å²) >= 11 is 0. The lowest BCUT2D eigenvalue weighted by Crippen LogP contribution is -2.16. The molecule has 0 unspecified atom stereocenters. The van der Waals surface area contributed by atoms with Gasteiger partial charge in [0, 0.05) is 12.8 Å². The van der Waals surface area contributed by atoms with Gasteiger partial charge in [0.05, 0.1) is 0 Å². The van der Waals surface area contributed by atoms with Gasteiger partial charge in [0.15, 0.2) is 0 Å². The highest BCUT2D eigenvalue weighted by atomic mass is 16.4. The van der Waals surface area contributed by atoms with Crippen LogP contribution in [0.5, 0.6) is 0 Å². The van der Waals surface area contributed by atoms with E-state index in [1.54, 1.807) is 0 Å². The molecule has 0 bridgehead atoms. The van der Waals surface area contributed by atoms with Crippen molar-refractivity contribution in [1.82, 2.24) is 15.5 Å². The first kappa shape index (κ1) is 14.2. The number of nitrogens with zero attached hydrogens (tertiary/aromatic N) is 2. The second kappa shape index (κ2) is 6.74. The van der Waals surface area contributed by atoms with Crippen LogP contribution in [-0.4, -0.2) is 23.3 Å². The third-order valence-electron chi connectivity index (χ3n) is 2.36. The Hall–Kier alpha value is -0.900. The van der Waals surface area contributed by atoms with Crippen LogP contribution in [0.1, 0.15) is 52.3 Å². The number of hydrogen-bond donors (Lipinski definition) is 1. The van der Waals surface area contributed by atoms with Gasteiger partial charge >= 0.3 is 0 Å². The molecule has 1 aromatic rings. The first-order chi connectivity index (χ1) is 8.01. The summed E-state index contributed by atoms with van der Waals surface area (Å²) in [6.45, 7) is 10.8. The second-order valence-electron chi connectivity index (χ2n) is 5.68. The summed E-state index contributed by atoms with van der Waals surface area (Å²) in [5, 5.41) is 11.5.